The Balaban J connectivity index is 0.000000406. The lowest BCUT2D eigenvalue weighted by Gasteiger charge is -2.22. The third-order valence-corrected chi connectivity index (χ3v) is 5.56. The van der Waals surface area contributed by atoms with Crippen LogP contribution in [-0.2, 0) is 9.59 Å². The molecular weight excluding hydrogens is 497 g/mol. The molecule has 4 N–H and O–H groups in total. The summed E-state index contributed by atoms with van der Waals surface area (Å²) in [6.45, 7) is 10.6. The van der Waals surface area contributed by atoms with Crippen LogP contribution in [0.25, 0.3) is 0 Å². The summed E-state index contributed by atoms with van der Waals surface area (Å²) < 4.78 is 13.5. The van der Waals surface area contributed by atoms with Crippen LogP contribution in [0.3, 0.4) is 0 Å². The second-order valence-electron chi connectivity index (χ2n) is 10.7. The summed E-state index contributed by atoms with van der Waals surface area (Å²) in [5.41, 5.74) is 3.15. The number of carbonyl (C=O) groups is 2. The standard InChI is InChI=1S/C18H18ClFN2O.C5H11NO3.C5H12/c1-22-9-16(12-3-2-4-13(19)7-12)17(10-22)15-6-5-14(20)8-18(15)21-11-23;7-3-5(9)1-2-6-4-8;1-5(2,3)4/h2-8,11,16-17H,9-10H2,1H3,(H,21,23);4-5,7,9H,1-3H2,(H,6,8);1-4H3. The summed E-state index contributed by atoms with van der Waals surface area (Å²) in [6.07, 6.45) is 0.836. The van der Waals surface area contributed by atoms with Crippen LogP contribution in [0.2, 0.25) is 5.02 Å². The van der Waals surface area contributed by atoms with Crippen LogP contribution in [0.4, 0.5) is 10.1 Å². The number of aliphatic hydroxyl groups excluding tert-OH is 2. The molecular formula is C28H41ClFN3O4. The average molecular weight is 538 g/mol. The van der Waals surface area contributed by atoms with Crippen molar-refractivity contribution in [2.24, 2.45) is 5.41 Å². The molecule has 0 bridgehead atoms. The predicted octanol–water partition coefficient (Wildman–Crippen LogP) is 4.39. The number of amides is 2. The van der Waals surface area contributed by atoms with Gasteiger partial charge in [0.2, 0.25) is 12.8 Å². The Hall–Kier alpha value is -2.52. The first kappa shape index (κ1) is 32.5. The topological polar surface area (TPSA) is 102 Å². The van der Waals surface area contributed by atoms with E-state index in [1.54, 1.807) is 6.07 Å². The molecule has 0 spiro atoms. The van der Waals surface area contributed by atoms with Gasteiger partial charge in [0.25, 0.3) is 0 Å². The molecule has 1 heterocycles. The van der Waals surface area contributed by atoms with Gasteiger partial charge in [-0.2, -0.15) is 0 Å². The van der Waals surface area contributed by atoms with Gasteiger partial charge < -0.3 is 25.7 Å². The van der Waals surface area contributed by atoms with E-state index in [0.717, 1.165) is 24.2 Å². The highest BCUT2D eigenvalue weighted by Gasteiger charge is 2.34. The minimum Gasteiger partial charge on any atom is -0.394 e. The molecule has 206 valence electrons. The van der Waals surface area contributed by atoms with E-state index in [4.69, 9.17) is 21.8 Å². The predicted molar refractivity (Wildman–Crippen MR) is 147 cm³/mol. The molecule has 2 aromatic rings. The Morgan fingerprint density at radius 3 is 2.32 bits per heavy atom. The van der Waals surface area contributed by atoms with Gasteiger partial charge in [-0.15, -0.1) is 0 Å². The zero-order chi connectivity index (χ0) is 28.0. The van der Waals surface area contributed by atoms with Gasteiger partial charge in [0, 0.05) is 42.2 Å². The van der Waals surface area contributed by atoms with Gasteiger partial charge in [-0.1, -0.05) is 57.5 Å². The molecule has 0 radical (unpaired) electrons. The van der Waals surface area contributed by atoms with Gasteiger partial charge in [-0.05, 0) is 54.3 Å². The van der Waals surface area contributed by atoms with E-state index < -0.39 is 6.10 Å². The fraction of sp³-hybridized carbons (Fsp3) is 0.500. The van der Waals surface area contributed by atoms with Crippen LogP contribution in [0.5, 0.6) is 0 Å². The van der Waals surface area contributed by atoms with Crippen molar-refractivity contribution in [2.45, 2.75) is 52.1 Å². The quantitative estimate of drug-likeness (QED) is 0.281. The zero-order valence-electron chi connectivity index (χ0n) is 22.4. The molecule has 0 saturated carbocycles. The smallest absolute Gasteiger partial charge is 0.211 e. The van der Waals surface area contributed by atoms with E-state index in [1.165, 1.54) is 12.1 Å². The van der Waals surface area contributed by atoms with E-state index in [0.29, 0.717) is 41.9 Å². The molecule has 0 aliphatic carbocycles. The van der Waals surface area contributed by atoms with Crippen molar-refractivity contribution in [3.8, 4) is 0 Å². The van der Waals surface area contributed by atoms with Crippen LogP contribution in [0.15, 0.2) is 42.5 Å². The van der Waals surface area contributed by atoms with Crippen LogP contribution in [0.1, 0.15) is 57.1 Å². The Bertz CT molecular complexity index is 965. The number of anilines is 1. The van der Waals surface area contributed by atoms with Crippen molar-refractivity contribution in [3.63, 3.8) is 0 Å². The summed E-state index contributed by atoms with van der Waals surface area (Å²) >= 11 is 6.13. The van der Waals surface area contributed by atoms with Crippen LogP contribution < -0.4 is 10.6 Å². The molecule has 1 saturated heterocycles. The first-order valence-corrected chi connectivity index (χ1v) is 12.7. The molecule has 9 heteroatoms. The second kappa shape index (κ2) is 16.3. The zero-order valence-corrected chi connectivity index (χ0v) is 23.1. The highest BCUT2D eigenvalue weighted by atomic mass is 35.5. The maximum atomic E-state index is 13.5. The maximum Gasteiger partial charge on any atom is 0.211 e. The highest BCUT2D eigenvalue weighted by Crippen LogP contribution is 2.42. The minimum atomic E-state index is -0.711. The summed E-state index contributed by atoms with van der Waals surface area (Å²) in [5.74, 6) is 0.0571. The molecule has 7 nitrogen and oxygen atoms in total. The number of benzene rings is 2. The first-order chi connectivity index (χ1) is 17.4. The van der Waals surface area contributed by atoms with Gasteiger partial charge in [0.05, 0.1) is 12.7 Å². The van der Waals surface area contributed by atoms with Crippen molar-refractivity contribution in [1.29, 1.82) is 0 Å². The number of rotatable bonds is 9. The lowest BCUT2D eigenvalue weighted by atomic mass is 9.83. The molecule has 37 heavy (non-hydrogen) atoms. The van der Waals surface area contributed by atoms with Crippen LogP contribution in [0, 0.1) is 11.2 Å². The molecule has 3 unspecified atom stereocenters. The molecule has 0 aromatic heterocycles. The van der Waals surface area contributed by atoms with Crippen molar-refractivity contribution in [2.75, 3.05) is 38.6 Å². The molecule has 2 aromatic carbocycles. The molecule has 2 amide bonds. The summed E-state index contributed by atoms with van der Waals surface area (Å²) in [7, 11) is 2.06. The summed E-state index contributed by atoms with van der Waals surface area (Å²) in [4.78, 5) is 22.7. The number of hydrogen-bond acceptors (Lipinski definition) is 5. The second-order valence-corrected chi connectivity index (χ2v) is 11.1. The van der Waals surface area contributed by atoms with Crippen molar-refractivity contribution < 1.29 is 24.2 Å². The number of likely N-dealkylation sites (tertiary alicyclic amines) is 1. The van der Waals surface area contributed by atoms with Gasteiger partial charge in [0.1, 0.15) is 5.82 Å². The molecule has 1 fully saturated rings. The van der Waals surface area contributed by atoms with Gasteiger partial charge in [-0.3, -0.25) is 9.59 Å². The molecule has 3 rings (SSSR count). The number of carbonyl (C=O) groups excluding carboxylic acids is 2. The lowest BCUT2D eigenvalue weighted by molar-refractivity contribution is -0.109. The van der Waals surface area contributed by atoms with Gasteiger partial charge >= 0.3 is 0 Å². The summed E-state index contributed by atoms with van der Waals surface area (Å²) in [6, 6.07) is 12.4. The minimum absolute atomic E-state index is 0.168. The SMILES string of the molecule is CC(C)(C)C.CN1CC(c2cccc(Cl)c2)C(c2ccc(F)cc2NC=O)C1.O=CNCCC(O)CO. The number of nitrogens with one attached hydrogen (secondary N) is 2. The van der Waals surface area contributed by atoms with E-state index >= 15 is 0 Å². The van der Waals surface area contributed by atoms with Crippen molar-refractivity contribution in [3.05, 3.63) is 64.4 Å². The van der Waals surface area contributed by atoms with E-state index in [1.807, 2.05) is 18.2 Å². The molecule has 1 aliphatic rings. The largest absolute Gasteiger partial charge is 0.394 e. The van der Waals surface area contributed by atoms with E-state index in [-0.39, 0.29) is 24.3 Å². The van der Waals surface area contributed by atoms with Gasteiger partial charge in [0.15, 0.2) is 0 Å². The monoisotopic (exact) mass is 537 g/mol. The Kier molecular flexibility index (Phi) is 14.4. The average Bonchev–Trinajstić information content (AvgIpc) is 3.20. The fourth-order valence-corrected chi connectivity index (χ4v) is 4.03. The molecule has 1 aliphatic heterocycles. The van der Waals surface area contributed by atoms with E-state index in [2.05, 4.69) is 56.3 Å². The highest BCUT2D eigenvalue weighted by molar-refractivity contribution is 6.30. The Morgan fingerprint density at radius 2 is 1.76 bits per heavy atom. The number of likely N-dealkylation sites (N-methyl/N-ethyl adjacent to an activating group) is 1. The third-order valence-electron chi connectivity index (χ3n) is 5.32. The Labute approximate surface area is 225 Å². The van der Waals surface area contributed by atoms with Crippen LogP contribution >= 0.6 is 11.6 Å². The fourth-order valence-electron chi connectivity index (χ4n) is 3.83. The number of halogens is 2. The Morgan fingerprint density at radius 1 is 1.11 bits per heavy atom. The van der Waals surface area contributed by atoms with Crippen molar-refractivity contribution >= 4 is 30.1 Å². The number of hydrogen-bond donors (Lipinski definition) is 4. The lowest BCUT2D eigenvalue weighted by Crippen LogP contribution is -2.21. The normalized spacial score (nSPS) is 18.0. The molecule has 3 atom stereocenters. The first-order valence-electron chi connectivity index (χ1n) is 12.3. The van der Waals surface area contributed by atoms with Gasteiger partial charge in [-0.25, -0.2) is 4.39 Å². The van der Waals surface area contributed by atoms with Crippen molar-refractivity contribution in [1.82, 2.24) is 10.2 Å². The third kappa shape index (κ3) is 13.0. The number of nitrogens with zero attached hydrogens (tertiary/aromatic N) is 1. The summed E-state index contributed by atoms with van der Waals surface area (Å²) in [5, 5.41) is 22.6. The van der Waals surface area contributed by atoms with E-state index in [9.17, 15) is 14.0 Å². The number of aliphatic hydroxyl groups is 2. The van der Waals surface area contributed by atoms with Crippen LogP contribution in [-0.4, -0.2) is 67.3 Å². The maximum absolute atomic E-state index is 13.5.